The largest absolute Gasteiger partial charge is 0.497 e. The highest BCUT2D eigenvalue weighted by molar-refractivity contribution is 9.10. The standard InChI is InChI=1S/C22H16BrCl2NO3S.C14H7BrCl3NO4S/c1-27-16-5-3-13(4-6-16)12-30-21-10-19(14(11-26)7-20(21)28-2)29-22-17(24)8-15(23)9-18(22)25;1-22-12-2-7(6-19)11(5-13(12)24(18,20)21)23-14-9(16)3-8(15)4-10(14)17/h3-10H,12H2,1-2H3;2-5H,1H3. The van der Waals surface area contributed by atoms with E-state index in [2.05, 4.69) is 37.9 Å². The monoisotopic (exact) mass is 992 g/mol. The Balaban J connectivity index is 0.000000247. The third-order valence-electron chi connectivity index (χ3n) is 6.94. The zero-order chi connectivity index (χ0) is 39.7. The van der Waals surface area contributed by atoms with E-state index >= 15 is 0 Å². The molecule has 0 saturated carbocycles. The van der Waals surface area contributed by atoms with Crippen LogP contribution < -0.4 is 23.7 Å². The van der Waals surface area contributed by atoms with Crippen LogP contribution in [-0.2, 0) is 14.8 Å². The minimum absolute atomic E-state index is 0.0194. The van der Waals surface area contributed by atoms with Gasteiger partial charge in [-0.2, -0.15) is 10.5 Å². The maximum absolute atomic E-state index is 11.7. The van der Waals surface area contributed by atoms with E-state index in [0.29, 0.717) is 37.3 Å². The molecule has 0 saturated heterocycles. The summed E-state index contributed by atoms with van der Waals surface area (Å²) in [5.41, 5.74) is 1.45. The van der Waals surface area contributed by atoms with Crippen molar-refractivity contribution in [2.75, 3.05) is 21.3 Å². The summed E-state index contributed by atoms with van der Waals surface area (Å²) in [5.74, 6) is 2.64. The van der Waals surface area contributed by atoms with Gasteiger partial charge in [0.25, 0.3) is 9.05 Å². The second-order valence-corrected chi connectivity index (χ2v) is 17.4. The van der Waals surface area contributed by atoms with Gasteiger partial charge in [-0.05, 0) is 48.0 Å². The molecule has 0 bridgehead atoms. The number of nitrogens with zero attached hydrogens (tertiary/aromatic N) is 2. The zero-order valence-corrected chi connectivity index (χ0v) is 36.4. The molecule has 0 aliphatic heterocycles. The first-order valence-electron chi connectivity index (χ1n) is 14.7. The number of methoxy groups -OCH3 is 3. The molecule has 0 unspecified atom stereocenters. The molecule has 0 fully saturated rings. The number of rotatable bonds is 11. The van der Waals surface area contributed by atoms with Gasteiger partial charge in [-0.25, -0.2) is 8.42 Å². The summed E-state index contributed by atoms with van der Waals surface area (Å²) in [6.07, 6.45) is 0. The summed E-state index contributed by atoms with van der Waals surface area (Å²) in [7, 11) is 5.72. The predicted octanol–water partition coefficient (Wildman–Crippen LogP) is 13.1. The van der Waals surface area contributed by atoms with Gasteiger partial charge in [0, 0.05) is 43.6 Å². The maximum atomic E-state index is 11.7. The van der Waals surface area contributed by atoms with Gasteiger partial charge in [-0.1, -0.05) is 90.4 Å². The average molecular weight is 997 g/mol. The maximum Gasteiger partial charge on any atom is 0.265 e. The molecule has 0 heterocycles. The molecule has 0 amide bonds. The summed E-state index contributed by atoms with van der Waals surface area (Å²) in [5, 5.41) is 19.8. The first-order chi connectivity index (χ1) is 25.6. The van der Waals surface area contributed by atoms with E-state index in [1.54, 1.807) is 50.2 Å². The summed E-state index contributed by atoms with van der Waals surface area (Å²) < 4.78 is 51.9. The van der Waals surface area contributed by atoms with Crippen molar-refractivity contribution in [2.24, 2.45) is 0 Å². The van der Waals surface area contributed by atoms with Crippen LogP contribution in [0.2, 0.25) is 20.1 Å². The molecule has 9 nitrogen and oxygen atoms in total. The first kappa shape index (κ1) is 43.5. The van der Waals surface area contributed by atoms with Crippen LogP contribution in [0.3, 0.4) is 0 Å². The van der Waals surface area contributed by atoms with Crippen LogP contribution in [0, 0.1) is 22.7 Å². The van der Waals surface area contributed by atoms with Crippen molar-refractivity contribution in [2.45, 2.75) is 15.5 Å². The van der Waals surface area contributed by atoms with Gasteiger partial charge in [0.1, 0.15) is 45.8 Å². The predicted molar refractivity (Wildman–Crippen MR) is 219 cm³/mol. The van der Waals surface area contributed by atoms with E-state index in [4.69, 9.17) is 80.8 Å². The Morgan fingerprint density at radius 1 is 0.648 bits per heavy atom. The summed E-state index contributed by atoms with van der Waals surface area (Å²) in [4.78, 5) is 0.483. The Morgan fingerprint density at radius 3 is 1.50 bits per heavy atom. The average Bonchev–Trinajstić information content (AvgIpc) is 3.13. The Kier molecular flexibility index (Phi) is 15.8. The molecule has 280 valence electrons. The number of hydrogen-bond donors (Lipinski definition) is 0. The molecule has 5 aromatic rings. The molecular formula is C36H23Br2Cl5N2O7S2. The van der Waals surface area contributed by atoms with Crippen molar-refractivity contribution in [3.05, 3.63) is 119 Å². The van der Waals surface area contributed by atoms with Gasteiger partial charge in [-0.15, -0.1) is 11.8 Å². The van der Waals surface area contributed by atoms with Crippen LogP contribution in [0.5, 0.6) is 40.2 Å². The second-order valence-electron chi connectivity index (χ2n) is 10.4. The lowest BCUT2D eigenvalue weighted by Gasteiger charge is -2.15. The first-order valence-corrected chi connectivity index (χ1v) is 21.1. The van der Waals surface area contributed by atoms with Gasteiger partial charge in [0.2, 0.25) is 0 Å². The minimum atomic E-state index is -4.13. The van der Waals surface area contributed by atoms with Gasteiger partial charge in [-0.3, -0.25) is 0 Å². The molecule has 5 aromatic carbocycles. The minimum Gasteiger partial charge on any atom is -0.497 e. The van der Waals surface area contributed by atoms with E-state index in [1.165, 1.54) is 25.3 Å². The van der Waals surface area contributed by atoms with Crippen LogP contribution in [0.15, 0.2) is 91.5 Å². The number of nitriles is 2. The van der Waals surface area contributed by atoms with Crippen molar-refractivity contribution in [1.82, 2.24) is 0 Å². The molecule has 0 spiro atoms. The van der Waals surface area contributed by atoms with Gasteiger partial charge < -0.3 is 23.7 Å². The molecule has 54 heavy (non-hydrogen) atoms. The van der Waals surface area contributed by atoms with Crippen molar-refractivity contribution in [1.29, 1.82) is 10.5 Å². The van der Waals surface area contributed by atoms with Crippen molar-refractivity contribution >= 4 is 110 Å². The Labute approximate surface area is 357 Å². The lowest BCUT2D eigenvalue weighted by molar-refractivity contribution is 0.400. The number of hydrogen-bond acceptors (Lipinski definition) is 10. The highest BCUT2D eigenvalue weighted by Crippen LogP contribution is 2.44. The smallest absolute Gasteiger partial charge is 0.265 e. The highest BCUT2D eigenvalue weighted by atomic mass is 79.9. The van der Waals surface area contributed by atoms with Crippen molar-refractivity contribution < 1.29 is 32.1 Å². The van der Waals surface area contributed by atoms with Crippen LogP contribution in [0.25, 0.3) is 0 Å². The normalized spacial score (nSPS) is 10.7. The lowest BCUT2D eigenvalue weighted by atomic mass is 10.2. The van der Waals surface area contributed by atoms with Gasteiger partial charge in [0.15, 0.2) is 11.5 Å². The Bertz CT molecular complexity index is 2350. The van der Waals surface area contributed by atoms with Crippen LogP contribution >= 0.6 is 101 Å². The van der Waals surface area contributed by atoms with Crippen LogP contribution in [0.1, 0.15) is 16.7 Å². The molecule has 0 aliphatic rings. The summed E-state index contributed by atoms with van der Waals surface area (Å²) >= 11 is 32.8. The van der Waals surface area contributed by atoms with Crippen molar-refractivity contribution in [3.8, 4) is 52.4 Å². The van der Waals surface area contributed by atoms with Gasteiger partial charge >= 0.3 is 0 Å². The quantitative estimate of drug-likeness (QED) is 0.0932. The van der Waals surface area contributed by atoms with Crippen molar-refractivity contribution in [3.63, 3.8) is 0 Å². The number of ether oxygens (including phenoxy) is 5. The molecule has 0 atom stereocenters. The van der Waals surface area contributed by atoms with E-state index in [9.17, 15) is 18.9 Å². The summed E-state index contributed by atoms with van der Waals surface area (Å²) in [6, 6.07) is 24.0. The third kappa shape index (κ3) is 11.2. The number of halogens is 7. The molecule has 5 rings (SSSR count). The topological polar surface area (TPSA) is 128 Å². The molecule has 0 aliphatic carbocycles. The fourth-order valence-corrected chi connectivity index (χ4v) is 8.96. The molecule has 18 heteroatoms. The third-order valence-corrected chi connectivity index (χ3v) is 11.4. The van der Waals surface area contributed by atoms with Gasteiger partial charge in [0.05, 0.1) is 57.4 Å². The molecule has 0 aromatic heterocycles. The number of thioether (sulfide) groups is 1. The van der Waals surface area contributed by atoms with E-state index < -0.39 is 9.05 Å². The van der Waals surface area contributed by atoms with E-state index in [1.807, 2.05) is 30.3 Å². The van der Waals surface area contributed by atoms with Crippen LogP contribution in [0.4, 0.5) is 0 Å². The molecule has 0 N–H and O–H groups in total. The second kappa shape index (κ2) is 19.6. The van der Waals surface area contributed by atoms with Crippen LogP contribution in [-0.4, -0.2) is 29.7 Å². The van der Waals surface area contributed by atoms with E-state index in [0.717, 1.165) is 26.7 Å². The number of benzene rings is 5. The summed E-state index contributed by atoms with van der Waals surface area (Å²) in [6.45, 7) is 0. The fourth-order valence-electron chi connectivity index (χ4n) is 4.40. The van der Waals surface area contributed by atoms with E-state index in [-0.39, 0.29) is 43.5 Å². The highest BCUT2D eigenvalue weighted by Gasteiger charge is 2.23. The SMILES string of the molecule is COc1cc(C#N)c(Oc2c(Cl)cc(Br)cc2Cl)cc1S(=O)(=O)Cl.COc1ccc(CSc2cc(Oc3c(Cl)cc(Br)cc3Cl)c(C#N)cc2OC)cc1. The fraction of sp³-hybridized carbons (Fsp3) is 0.111. The Morgan fingerprint density at radius 2 is 1.09 bits per heavy atom. The zero-order valence-electron chi connectivity index (χ0n) is 27.8. The molecular weight excluding hydrogens is 974 g/mol. The Hall–Kier alpha value is -3.21. The molecule has 0 radical (unpaired) electrons. The lowest BCUT2D eigenvalue weighted by Crippen LogP contribution is -1.99.